The molecular weight excluding hydrogens is 208 g/mol. The van der Waals surface area contributed by atoms with Crippen molar-refractivity contribution in [3.05, 3.63) is 0 Å². The Morgan fingerprint density at radius 1 is 0.647 bits per heavy atom. The van der Waals surface area contributed by atoms with Crippen LogP contribution in [0.25, 0.3) is 0 Å². The predicted molar refractivity (Wildman–Crippen MR) is 73.0 cm³/mol. The van der Waals surface area contributed by atoms with E-state index in [1.54, 1.807) is 0 Å². The van der Waals surface area contributed by atoms with Crippen LogP contribution in [-0.4, -0.2) is 12.2 Å². The van der Waals surface area contributed by atoms with Gasteiger partial charge in [-0.2, -0.15) is 0 Å². The number of hydrogen-bond acceptors (Lipinski definition) is 1. The fourth-order valence-corrected chi connectivity index (χ4v) is 3.21. The van der Waals surface area contributed by atoms with E-state index in [0.717, 1.165) is 0 Å². The van der Waals surface area contributed by atoms with E-state index in [2.05, 4.69) is 55.4 Å². The molecule has 0 aliphatic heterocycles. The Bertz CT molecular complexity index is 290. The fourth-order valence-electron chi connectivity index (χ4n) is 3.21. The van der Waals surface area contributed by atoms with Crippen molar-refractivity contribution in [3.63, 3.8) is 0 Å². The van der Waals surface area contributed by atoms with Crippen LogP contribution in [0.2, 0.25) is 0 Å². The van der Waals surface area contributed by atoms with Crippen molar-refractivity contribution < 1.29 is 4.74 Å². The second-order valence-electron chi connectivity index (χ2n) is 8.73. The Balaban J connectivity index is 1.98. The monoisotopic (exact) mass is 238 g/mol. The molecule has 0 aromatic carbocycles. The molecule has 0 spiro atoms. The van der Waals surface area contributed by atoms with Crippen molar-refractivity contribution in [2.24, 2.45) is 21.7 Å². The number of ether oxygens (including phenoxy) is 1. The molecule has 2 saturated carbocycles. The minimum absolute atomic E-state index is 0.322. The van der Waals surface area contributed by atoms with Gasteiger partial charge in [-0.15, -0.1) is 0 Å². The van der Waals surface area contributed by atoms with E-state index in [9.17, 15) is 0 Å². The third kappa shape index (κ3) is 1.61. The quantitative estimate of drug-likeness (QED) is 0.680. The summed E-state index contributed by atoms with van der Waals surface area (Å²) in [5, 5.41) is 0. The molecule has 0 aromatic rings. The topological polar surface area (TPSA) is 9.23 Å². The first-order valence-corrected chi connectivity index (χ1v) is 7.07. The molecular formula is C16H30O. The maximum Gasteiger partial charge on any atom is 0.0640 e. The molecule has 17 heavy (non-hydrogen) atoms. The van der Waals surface area contributed by atoms with Crippen LogP contribution in [0.1, 0.15) is 68.2 Å². The van der Waals surface area contributed by atoms with Crippen molar-refractivity contribution >= 4 is 0 Å². The van der Waals surface area contributed by atoms with Gasteiger partial charge in [-0.25, -0.2) is 0 Å². The minimum Gasteiger partial charge on any atom is -0.374 e. The molecule has 0 heterocycles. The molecule has 0 aromatic heterocycles. The first kappa shape index (κ1) is 13.4. The molecule has 2 atom stereocenters. The van der Waals surface area contributed by atoms with Gasteiger partial charge in [0.25, 0.3) is 0 Å². The lowest BCUT2D eigenvalue weighted by Gasteiger charge is -2.64. The summed E-state index contributed by atoms with van der Waals surface area (Å²) in [6.45, 7) is 18.9. The van der Waals surface area contributed by atoms with Crippen molar-refractivity contribution in [1.82, 2.24) is 0 Å². The number of rotatable bonds is 2. The van der Waals surface area contributed by atoms with Crippen LogP contribution < -0.4 is 0 Å². The summed E-state index contributed by atoms with van der Waals surface area (Å²) in [5.74, 6) is 0. The van der Waals surface area contributed by atoms with Crippen molar-refractivity contribution in [1.29, 1.82) is 0 Å². The molecule has 1 nitrogen and oxygen atoms in total. The van der Waals surface area contributed by atoms with Gasteiger partial charge in [0.15, 0.2) is 0 Å². The SMILES string of the molecule is CC1(C)CC(OC2CC(C)(C)C2(C)C)C1(C)C. The van der Waals surface area contributed by atoms with Gasteiger partial charge >= 0.3 is 0 Å². The molecule has 2 aliphatic rings. The molecule has 0 saturated heterocycles. The molecule has 1 heteroatoms. The Labute approximate surface area is 107 Å². The van der Waals surface area contributed by atoms with E-state index >= 15 is 0 Å². The normalized spacial score (nSPS) is 40.2. The van der Waals surface area contributed by atoms with Gasteiger partial charge in [-0.3, -0.25) is 0 Å². The van der Waals surface area contributed by atoms with Gasteiger partial charge in [0.2, 0.25) is 0 Å². The molecule has 0 N–H and O–H groups in total. The van der Waals surface area contributed by atoms with Gasteiger partial charge in [0, 0.05) is 0 Å². The summed E-state index contributed by atoms with van der Waals surface area (Å²) in [6.07, 6.45) is 3.34. The lowest BCUT2D eigenvalue weighted by molar-refractivity contribution is -0.271. The molecule has 2 unspecified atom stereocenters. The van der Waals surface area contributed by atoms with Crippen molar-refractivity contribution in [3.8, 4) is 0 Å². The van der Waals surface area contributed by atoms with Crippen molar-refractivity contribution in [2.45, 2.75) is 80.4 Å². The summed E-state index contributed by atoms with van der Waals surface area (Å²) >= 11 is 0. The van der Waals surface area contributed by atoms with Crippen LogP contribution in [0.15, 0.2) is 0 Å². The first-order valence-electron chi connectivity index (χ1n) is 7.07. The smallest absolute Gasteiger partial charge is 0.0640 e. The Morgan fingerprint density at radius 3 is 1.12 bits per heavy atom. The summed E-state index contributed by atoms with van der Waals surface area (Å²) in [6, 6.07) is 0. The largest absolute Gasteiger partial charge is 0.374 e. The van der Waals surface area contributed by atoms with Gasteiger partial charge in [-0.1, -0.05) is 55.4 Å². The Morgan fingerprint density at radius 2 is 0.941 bits per heavy atom. The molecule has 0 amide bonds. The van der Waals surface area contributed by atoms with Crippen LogP contribution in [0.5, 0.6) is 0 Å². The maximum atomic E-state index is 6.42. The zero-order valence-corrected chi connectivity index (χ0v) is 13.0. The Hall–Kier alpha value is -0.0400. The van der Waals surface area contributed by atoms with E-state index in [-0.39, 0.29) is 0 Å². The molecule has 100 valence electrons. The standard InChI is InChI=1S/C16H30O/c1-13(2)9-11(15(13,5)6)17-12-10-14(3,4)16(12,7)8/h11-12H,9-10H2,1-8H3. The van der Waals surface area contributed by atoms with Crippen molar-refractivity contribution in [2.75, 3.05) is 0 Å². The van der Waals surface area contributed by atoms with E-state index in [4.69, 9.17) is 4.74 Å². The van der Waals surface area contributed by atoms with Gasteiger partial charge in [-0.05, 0) is 34.5 Å². The van der Waals surface area contributed by atoms with Gasteiger partial charge in [0.05, 0.1) is 12.2 Å². The lowest BCUT2D eigenvalue weighted by Crippen LogP contribution is -2.63. The fraction of sp³-hybridized carbons (Fsp3) is 1.00. The Kier molecular flexibility index (Phi) is 2.59. The summed E-state index contributed by atoms with van der Waals surface area (Å²) in [7, 11) is 0. The van der Waals surface area contributed by atoms with E-state index in [1.807, 2.05) is 0 Å². The summed E-state index contributed by atoms with van der Waals surface area (Å²) in [5.41, 5.74) is 1.51. The van der Waals surface area contributed by atoms with Crippen LogP contribution in [0, 0.1) is 21.7 Å². The zero-order chi connectivity index (χ0) is 13.3. The predicted octanol–water partition coefficient (Wildman–Crippen LogP) is 4.65. The third-order valence-corrected chi connectivity index (χ3v) is 6.82. The zero-order valence-electron chi connectivity index (χ0n) is 13.0. The van der Waals surface area contributed by atoms with E-state index in [0.29, 0.717) is 33.9 Å². The highest BCUT2D eigenvalue weighted by Crippen LogP contribution is 2.62. The van der Waals surface area contributed by atoms with Gasteiger partial charge in [0.1, 0.15) is 0 Å². The summed E-state index contributed by atoms with van der Waals surface area (Å²) < 4.78 is 6.42. The molecule has 0 radical (unpaired) electrons. The number of hydrogen-bond donors (Lipinski definition) is 0. The molecule has 2 aliphatic carbocycles. The van der Waals surface area contributed by atoms with Gasteiger partial charge < -0.3 is 4.74 Å². The molecule has 0 bridgehead atoms. The summed E-state index contributed by atoms with van der Waals surface area (Å²) in [4.78, 5) is 0. The minimum atomic E-state index is 0.322. The second-order valence-corrected chi connectivity index (χ2v) is 8.73. The lowest BCUT2D eigenvalue weighted by atomic mass is 9.49. The van der Waals surface area contributed by atoms with E-state index in [1.165, 1.54) is 12.8 Å². The highest BCUT2D eigenvalue weighted by atomic mass is 16.5. The van der Waals surface area contributed by atoms with Crippen LogP contribution in [-0.2, 0) is 4.74 Å². The highest BCUT2D eigenvalue weighted by molar-refractivity contribution is 5.08. The van der Waals surface area contributed by atoms with Crippen LogP contribution in [0.4, 0.5) is 0 Å². The maximum absolute atomic E-state index is 6.42. The average Bonchev–Trinajstić information content (AvgIpc) is 2.15. The van der Waals surface area contributed by atoms with Crippen LogP contribution >= 0.6 is 0 Å². The molecule has 2 rings (SSSR count). The van der Waals surface area contributed by atoms with Crippen LogP contribution in [0.3, 0.4) is 0 Å². The average molecular weight is 238 g/mol. The molecule has 2 fully saturated rings. The third-order valence-electron chi connectivity index (χ3n) is 6.82. The van der Waals surface area contributed by atoms with E-state index < -0.39 is 0 Å². The second kappa shape index (κ2) is 3.29. The first-order chi connectivity index (χ1) is 7.42. The highest BCUT2D eigenvalue weighted by Gasteiger charge is 2.60.